The second kappa shape index (κ2) is 17.2. The number of carbonyl (C=O) groups is 2. The van der Waals surface area contributed by atoms with Crippen LogP contribution in [-0.4, -0.2) is 84.1 Å². The summed E-state index contributed by atoms with van der Waals surface area (Å²) in [5.41, 5.74) is 0.370. The number of sulfonamides is 1. The number of hydrogen-bond donors (Lipinski definition) is 0. The van der Waals surface area contributed by atoms with Crippen LogP contribution < -0.4 is 23.2 Å². The van der Waals surface area contributed by atoms with Crippen molar-refractivity contribution in [3.8, 4) is 17.2 Å². The highest BCUT2D eigenvalue weighted by Crippen LogP contribution is 2.38. The molecule has 18 heteroatoms. The molecular formula is C34H37Cl2F2N3O10S. The molecule has 0 spiro atoms. The van der Waals surface area contributed by atoms with E-state index in [0.717, 1.165) is 42.7 Å². The molecule has 282 valence electrons. The summed E-state index contributed by atoms with van der Waals surface area (Å²) in [7, 11) is -3.90. The topological polar surface area (TPSA) is 148 Å². The molecule has 0 radical (unpaired) electrons. The van der Waals surface area contributed by atoms with Crippen molar-refractivity contribution in [3.05, 3.63) is 80.7 Å². The van der Waals surface area contributed by atoms with E-state index >= 15 is 0 Å². The summed E-state index contributed by atoms with van der Waals surface area (Å²) in [5.74, 6) is -1.80. The SMILES string of the molecule is CC(=O)Oc1cc(C(=O)OC(Cc2c(Cl)c[n+]([O-])cc2Cl)c2ccc(OC(F)F)c(OCC3CC3)c2)cc(N(CCN2CCOCC2)S(C)(=O)=O)c1. The number of rotatable bonds is 16. The zero-order chi connectivity index (χ0) is 37.6. The van der Waals surface area contributed by atoms with Crippen LogP contribution in [-0.2, 0) is 30.7 Å². The summed E-state index contributed by atoms with van der Waals surface area (Å²) in [5, 5.41) is 11.9. The van der Waals surface area contributed by atoms with Crippen LogP contribution in [0.1, 0.15) is 47.4 Å². The summed E-state index contributed by atoms with van der Waals surface area (Å²) in [6.45, 7) is 0.859. The van der Waals surface area contributed by atoms with Gasteiger partial charge in [0.15, 0.2) is 23.9 Å². The monoisotopic (exact) mass is 787 g/mol. The second-order valence-electron chi connectivity index (χ2n) is 12.3. The molecule has 1 atom stereocenters. The first-order valence-corrected chi connectivity index (χ1v) is 18.9. The molecule has 2 aromatic carbocycles. The van der Waals surface area contributed by atoms with Crippen LogP contribution in [0.4, 0.5) is 14.5 Å². The maximum atomic E-state index is 14.0. The first-order valence-electron chi connectivity index (χ1n) is 16.3. The number of ether oxygens (including phenoxy) is 5. The van der Waals surface area contributed by atoms with Crippen LogP contribution in [0.15, 0.2) is 48.8 Å². The van der Waals surface area contributed by atoms with Crippen molar-refractivity contribution in [1.82, 2.24) is 4.90 Å². The number of esters is 2. The lowest BCUT2D eigenvalue weighted by Gasteiger charge is -2.30. The maximum absolute atomic E-state index is 14.0. The summed E-state index contributed by atoms with van der Waals surface area (Å²) in [6.07, 6.45) is 3.59. The first kappa shape index (κ1) is 39.3. The fourth-order valence-electron chi connectivity index (χ4n) is 5.47. The van der Waals surface area contributed by atoms with E-state index < -0.39 is 34.7 Å². The van der Waals surface area contributed by atoms with Gasteiger partial charge in [-0.05, 0) is 48.6 Å². The molecule has 0 bridgehead atoms. The van der Waals surface area contributed by atoms with E-state index in [0.29, 0.717) is 37.6 Å². The molecule has 1 saturated heterocycles. The fourth-order valence-corrected chi connectivity index (χ4v) is 6.97. The van der Waals surface area contributed by atoms with E-state index in [2.05, 4.69) is 4.74 Å². The number of benzene rings is 2. The Bertz CT molecular complexity index is 1850. The molecule has 2 fully saturated rings. The Morgan fingerprint density at radius 1 is 1.08 bits per heavy atom. The molecule has 5 rings (SSSR count). The molecule has 1 saturated carbocycles. The molecule has 0 amide bonds. The molecule has 52 heavy (non-hydrogen) atoms. The van der Waals surface area contributed by atoms with Gasteiger partial charge in [0.1, 0.15) is 21.9 Å². The highest BCUT2D eigenvalue weighted by Gasteiger charge is 2.28. The number of carbonyl (C=O) groups excluding carboxylic acids is 2. The van der Waals surface area contributed by atoms with Gasteiger partial charge in [-0.1, -0.05) is 29.3 Å². The van der Waals surface area contributed by atoms with Gasteiger partial charge in [-0.25, -0.2) is 13.2 Å². The third-order valence-corrected chi connectivity index (χ3v) is 10.1. The molecule has 1 aliphatic heterocycles. The summed E-state index contributed by atoms with van der Waals surface area (Å²) >= 11 is 12.8. The number of halogens is 4. The lowest BCUT2D eigenvalue weighted by Crippen LogP contribution is -2.43. The van der Waals surface area contributed by atoms with E-state index in [1.54, 1.807) is 0 Å². The van der Waals surface area contributed by atoms with Crippen LogP contribution in [0.5, 0.6) is 17.2 Å². The predicted molar refractivity (Wildman–Crippen MR) is 186 cm³/mol. The first-order chi connectivity index (χ1) is 24.7. The van der Waals surface area contributed by atoms with Crippen molar-refractivity contribution < 1.29 is 55.2 Å². The molecule has 13 nitrogen and oxygen atoms in total. The molecule has 2 aliphatic rings. The van der Waals surface area contributed by atoms with Gasteiger partial charge >= 0.3 is 18.6 Å². The minimum Gasteiger partial charge on any atom is -0.619 e. The average molecular weight is 789 g/mol. The third-order valence-electron chi connectivity index (χ3n) is 8.22. The van der Waals surface area contributed by atoms with Gasteiger partial charge in [-0.2, -0.15) is 13.5 Å². The number of hydrogen-bond acceptors (Lipinski definition) is 11. The number of aromatic nitrogens is 1. The molecule has 1 aromatic heterocycles. The van der Waals surface area contributed by atoms with Gasteiger partial charge in [-0.3, -0.25) is 14.0 Å². The van der Waals surface area contributed by atoms with Crippen LogP contribution in [0.3, 0.4) is 0 Å². The molecule has 3 aromatic rings. The van der Waals surface area contributed by atoms with Crippen LogP contribution in [0, 0.1) is 11.1 Å². The molecule has 0 N–H and O–H groups in total. The lowest BCUT2D eigenvalue weighted by atomic mass is 10.0. The average Bonchev–Trinajstić information content (AvgIpc) is 3.89. The van der Waals surface area contributed by atoms with E-state index in [9.17, 15) is 32.0 Å². The van der Waals surface area contributed by atoms with Crippen molar-refractivity contribution in [2.75, 3.05) is 56.6 Å². The van der Waals surface area contributed by atoms with Crippen LogP contribution >= 0.6 is 23.2 Å². The standard InChI is InChI=1S/C34H37Cl2F2N3O10S/c1-21(42)49-26-14-24(13-25(16-26)41(52(2,45)46)8-7-39-9-11-47-12-10-39)33(43)50-31(17-27-28(35)18-40(44)19-29(27)36)23-5-6-30(51-34(37)38)32(15-23)48-20-22-3-4-22/h5-6,13-16,18-19,22,31,34H,3-4,7-12,17,20H2,1-2H3. The van der Waals surface area contributed by atoms with Crippen molar-refractivity contribution in [2.24, 2.45) is 5.92 Å². The fraction of sp³-hybridized carbons (Fsp3) is 0.441. The zero-order valence-electron chi connectivity index (χ0n) is 28.3. The summed E-state index contributed by atoms with van der Waals surface area (Å²) in [4.78, 5) is 28.0. The Morgan fingerprint density at radius 3 is 2.38 bits per heavy atom. The van der Waals surface area contributed by atoms with Crippen molar-refractivity contribution in [3.63, 3.8) is 0 Å². The molecule has 2 heterocycles. The quantitative estimate of drug-likeness (QED) is 0.0819. The largest absolute Gasteiger partial charge is 0.619 e. The Kier molecular flexibility index (Phi) is 13.0. The number of pyridine rings is 1. The Hall–Kier alpha value is -3.96. The molecule has 1 unspecified atom stereocenters. The molecular weight excluding hydrogens is 751 g/mol. The number of anilines is 1. The summed E-state index contributed by atoms with van der Waals surface area (Å²) < 4.78 is 81.3. The Morgan fingerprint density at radius 2 is 1.77 bits per heavy atom. The van der Waals surface area contributed by atoms with E-state index in [1.807, 2.05) is 4.90 Å². The number of alkyl halides is 2. The second-order valence-corrected chi connectivity index (χ2v) is 15.0. The molecule has 1 aliphatic carbocycles. The predicted octanol–water partition coefficient (Wildman–Crippen LogP) is 5.18. The number of morpholine rings is 1. The minimum atomic E-state index is -3.90. The van der Waals surface area contributed by atoms with Gasteiger partial charge in [0.05, 0.1) is 37.3 Å². The maximum Gasteiger partial charge on any atom is 0.387 e. The van der Waals surface area contributed by atoms with Gasteiger partial charge in [0, 0.05) is 51.2 Å². The van der Waals surface area contributed by atoms with Crippen molar-refractivity contribution >= 4 is 50.9 Å². The third kappa shape index (κ3) is 11.0. The zero-order valence-corrected chi connectivity index (χ0v) is 30.6. The van der Waals surface area contributed by atoms with Crippen LogP contribution in [0.2, 0.25) is 10.0 Å². The Balaban J connectivity index is 1.52. The van der Waals surface area contributed by atoms with Gasteiger partial charge < -0.3 is 28.9 Å². The minimum absolute atomic E-state index is 0.0147. The van der Waals surface area contributed by atoms with Gasteiger partial charge in [0.25, 0.3) is 0 Å². The van der Waals surface area contributed by atoms with Crippen LogP contribution in [0.25, 0.3) is 0 Å². The smallest absolute Gasteiger partial charge is 0.387 e. The van der Waals surface area contributed by atoms with E-state index in [1.165, 1.54) is 36.4 Å². The van der Waals surface area contributed by atoms with E-state index in [-0.39, 0.29) is 75.2 Å². The summed E-state index contributed by atoms with van der Waals surface area (Å²) in [6, 6.07) is 7.88. The van der Waals surface area contributed by atoms with E-state index in [4.69, 9.17) is 42.1 Å². The normalized spacial score (nSPS) is 15.6. The Labute approximate surface area is 309 Å². The lowest BCUT2D eigenvalue weighted by molar-refractivity contribution is -0.605. The highest BCUT2D eigenvalue weighted by atomic mass is 35.5. The highest BCUT2D eigenvalue weighted by molar-refractivity contribution is 7.92. The van der Waals surface area contributed by atoms with Gasteiger partial charge in [0.2, 0.25) is 10.0 Å². The van der Waals surface area contributed by atoms with Crippen molar-refractivity contribution in [2.45, 2.75) is 38.9 Å². The number of nitrogens with zero attached hydrogens (tertiary/aromatic N) is 3. The van der Waals surface area contributed by atoms with Crippen molar-refractivity contribution in [1.29, 1.82) is 0 Å². The van der Waals surface area contributed by atoms with Gasteiger partial charge in [-0.15, -0.1) is 0 Å².